The number of fused-ring (bicyclic) bond motifs is 1. The molecule has 3 aromatic heterocycles. The number of aromatic nitrogens is 3. The summed E-state index contributed by atoms with van der Waals surface area (Å²) in [6, 6.07) is 6.74. The van der Waals surface area contributed by atoms with Crippen LogP contribution in [-0.4, -0.2) is 32.8 Å². The summed E-state index contributed by atoms with van der Waals surface area (Å²) in [4.78, 5) is 46.5. The largest absolute Gasteiger partial charge is 0.459 e. The van der Waals surface area contributed by atoms with Gasteiger partial charge in [0.25, 0.3) is 5.56 Å². The number of ether oxygens (including phenoxy) is 1. The van der Waals surface area contributed by atoms with Crippen LogP contribution in [0.3, 0.4) is 0 Å². The number of esters is 1. The van der Waals surface area contributed by atoms with Gasteiger partial charge in [0.2, 0.25) is 5.91 Å². The van der Waals surface area contributed by atoms with E-state index in [0.717, 1.165) is 12.1 Å². The Morgan fingerprint density at radius 3 is 2.89 bits per heavy atom. The van der Waals surface area contributed by atoms with Crippen molar-refractivity contribution in [3.8, 4) is 0 Å². The van der Waals surface area contributed by atoms with Crippen LogP contribution < -0.4 is 10.5 Å². The smallest absolute Gasteiger partial charge is 0.312 e. The minimum Gasteiger partial charge on any atom is -0.459 e. The van der Waals surface area contributed by atoms with Gasteiger partial charge in [-0.2, -0.15) is 0 Å². The number of aryl methyl sites for hydroxylation is 1. The van der Waals surface area contributed by atoms with Crippen molar-refractivity contribution in [2.75, 3.05) is 11.4 Å². The van der Waals surface area contributed by atoms with Crippen molar-refractivity contribution in [3.63, 3.8) is 0 Å². The van der Waals surface area contributed by atoms with Gasteiger partial charge in [-0.05, 0) is 25.5 Å². The molecule has 0 saturated carbocycles. The molecule has 9 heteroatoms. The Morgan fingerprint density at radius 1 is 1.25 bits per heavy atom. The van der Waals surface area contributed by atoms with Crippen molar-refractivity contribution in [1.82, 2.24) is 14.4 Å². The molecule has 4 heterocycles. The highest BCUT2D eigenvalue weighted by atomic mass is 32.1. The lowest BCUT2D eigenvalue weighted by Gasteiger charge is -2.10. The van der Waals surface area contributed by atoms with Gasteiger partial charge in [0.05, 0.1) is 17.8 Å². The van der Waals surface area contributed by atoms with Crippen LogP contribution in [-0.2, 0) is 27.4 Å². The minimum atomic E-state index is -0.462. The number of pyridine rings is 1. The second-order valence-corrected chi connectivity index (χ2v) is 7.39. The quantitative estimate of drug-likeness (QED) is 0.609. The van der Waals surface area contributed by atoms with E-state index in [1.54, 1.807) is 16.3 Å². The molecule has 1 aliphatic heterocycles. The summed E-state index contributed by atoms with van der Waals surface area (Å²) < 4.78 is 6.76. The molecule has 3 aromatic rings. The monoisotopic (exact) mass is 398 g/mol. The lowest BCUT2D eigenvalue weighted by atomic mass is 10.3. The first-order chi connectivity index (χ1) is 13.5. The van der Waals surface area contributed by atoms with Crippen molar-refractivity contribution < 1.29 is 14.3 Å². The van der Waals surface area contributed by atoms with Gasteiger partial charge in [0.15, 0.2) is 5.13 Å². The molecule has 0 N–H and O–H groups in total. The highest BCUT2D eigenvalue weighted by Gasteiger charge is 2.24. The molecule has 0 aliphatic carbocycles. The molecule has 1 aliphatic rings. The third-order valence-corrected chi connectivity index (χ3v) is 5.40. The molecule has 0 aromatic carbocycles. The fraction of sp³-hybridized carbons (Fsp3) is 0.316. The van der Waals surface area contributed by atoms with E-state index in [1.165, 1.54) is 21.8 Å². The minimum absolute atomic E-state index is 0.00417. The van der Waals surface area contributed by atoms with Gasteiger partial charge in [-0.25, -0.2) is 9.97 Å². The lowest BCUT2D eigenvalue weighted by Crippen LogP contribution is -2.23. The molecule has 4 rings (SSSR count). The second kappa shape index (κ2) is 7.51. The maximum Gasteiger partial charge on any atom is 0.312 e. The molecule has 28 heavy (non-hydrogen) atoms. The number of nitrogens with zero attached hydrogens (tertiary/aromatic N) is 4. The van der Waals surface area contributed by atoms with Crippen LogP contribution in [0.25, 0.3) is 5.65 Å². The molecule has 0 spiro atoms. The van der Waals surface area contributed by atoms with Crippen molar-refractivity contribution in [3.05, 3.63) is 57.1 Å². The summed E-state index contributed by atoms with van der Waals surface area (Å²) in [5.41, 5.74) is 2.04. The number of carbonyl (C=O) groups is 2. The van der Waals surface area contributed by atoms with Crippen LogP contribution >= 0.6 is 11.3 Å². The van der Waals surface area contributed by atoms with Gasteiger partial charge < -0.3 is 4.74 Å². The van der Waals surface area contributed by atoms with E-state index in [9.17, 15) is 14.4 Å². The second-order valence-electron chi connectivity index (χ2n) is 6.55. The SMILES string of the molecule is Cc1cccc2nc(COC(=O)Cc3csc(N4CCCC4=O)n3)cc(=O)n12. The third-order valence-electron chi connectivity index (χ3n) is 4.48. The summed E-state index contributed by atoms with van der Waals surface area (Å²) in [6.45, 7) is 2.41. The zero-order chi connectivity index (χ0) is 19.7. The summed E-state index contributed by atoms with van der Waals surface area (Å²) >= 11 is 1.34. The molecule has 1 fully saturated rings. The number of amides is 1. The van der Waals surface area contributed by atoms with E-state index < -0.39 is 5.97 Å². The third kappa shape index (κ3) is 3.65. The highest BCUT2D eigenvalue weighted by Crippen LogP contribution is 2.25. The van der Waals surface area contributed by atoms with Crippen molar-refractivity contribution in [2.45, 2.75) is 32.8 Å². The van der Waals surface area contributed by atoms with Crippen LogP contribution in [0.1, 0.15) is 29.9 Å². The number of hydrogen-bond donors (Lipinski definition) is 0. The molecule has 1 saturated heterocycles. The Morgan fingerprint density at radius 2 is 2.11 bits per heavy atom. The molecule has 0 bridgehead atoms. The summed E-state index contributed by atoms with van der Waals surface area (Å²) in [5.74, 6) is -0.400. The zero-order valence-electron chi connectivity index (χ0n) is 15.3. The Labute approximate surface area is 164 Å². The first kappa shape index (κ1) is 18.3. The normalized spacial score (nSPS) is 14.0. The van der Waals surface area contributed by atoms with Gasteiger partial charge in [-0.3, -0.25) is 23.7 Å². The summed E-state index contributed by atoms with van der Waals surface area (Å²) in [6.07, 6.45) is 1.37. The van der Waals surface area contributed by atoms with Gasteiger partial charge in [-0.1, -0.05) is 6.07 Å². The molecule has 0 unspecified atom stereocenters. The molecule has 144 valence electrons. The molecule has 1 amide bonds. The van der Waals surface area contributed by atoms with E-state index in [1.807, 2.05) is 19.1 Å². The maximum atomic E-state index is 12.3. The van der Waals surface area contributed by atoms with E-state index in [4.69, 9.17) is 4.74 Å². The number of hydrogen-bond acceptors (Lipinski definition) is 7. The van der Waals surface area contributed by atoms with Gasteiger partial charge in [0, 0.05) is 30.1 Å². The molecular weight excluding hydrogens is 380 g/mol. The Hall–Kier alpha value is -3.07. The van der Waals surface area contributed by atoms with Crippen molar-refractivity contribution in [1.29, 1.82) is 0 Å². The number of anilines is 1. The van der Waals surface area contributed by atoms with E-state index in [-0.39, 0.29) is 24.5 Å². The van der Waals surface area contributed by atoms with Gasteiger partial charge in [-0.15, -0.1) is 11.3 Å². The predicted octanol–water partition coefficient (Wildman–Crippen LogP) is 1.87. The molecule has 0 radical (unpaired) electrons. The number of thiazole rings is 1. The Bertz CT molecular complexity index is 1120. The molecule has 0 atom stereocenters. The average Bonchev–Trinajstić information content (AvgIpc) is 3.28. The number of carbonyl (C=O) groups excluding carboxylic acids is 2. The predicted molar refractivity (Wildman–Crippen MR) is 103 cm³/mol. The first-order valence-corrected chi connectivity index (χ1v) is 9.78. The summed E-state index contributed by atoms with van der Waals surface area (Å²) in [5, 5.41) is 2.37. The maximum absolute atomic E-state index is 12.3. The zero-order valence-corrected chi connectivity index (χ0v) is 16.1. The molecular formula is C19H18N4O4S. The van der Waals surface area contributed by atoms with Gasteiger partial charge >= 0.3 is 5.97 Å². The van der Waals surface area contributed by atoms with E-state index in [2.05, 4.69) is 9.97 Å². The topological polar surface area (TPSA) is 93.9 Å². The first-order valence-electron chi connectivity index (χ1n) is 8.90. The lowest BCUT2D eigenvalue weighted by molar-refractivity contribution is -0.144. The Balaban J connectivity index is 1.40. The van der Waals surface area contributed by atoms with Crippen molar-refractivity contribution in [2.24, 2.45) is 0 Å². The van der Waals surface area contributed by atoms with Crippen LogP contribution in [0.2, 0.25) is 0 Å². The van der Waals surface area contributed by atoms with Crippen LogP contribution in [0.5, 0.6) is 0 Å². The van der Waals surface area contributed by atoms with E-state index >= 15 is 0 Å². The number of rotatable bonds is 5. The summed E-state index contributed by atoms with van der Waals surface area (Å²) in [7, 11) is 0. The fourth-order valence-electron chi connectivity index (χ4n) is 3.14. The Kier molecular flexibility index (Phi) is 4.91. The molecule has 8 nitrogen and oxygen atoms in total. The fourth-order valence-corrected chi connectivity index (χ4v) is 4.01. The van der Waals surface area contributed by atoms with Gasteiger partial charge in [0.1, 0.15) is 12.3 Å². The van der Waals surface area contributed by atoms with Crippen LogP contribution in [0.15, 0.2) is 34.4 Å². The highest BCUT2D eigenvalue weighted by molar-refractivity contribution is 7.14. The average molecular weight is 398 g/mol. The van der Waals surface area contributed by atoms with Crippen molar-refractivity contribution >= 4 is 34.0 Å². The van der Waals surface area contributed by atoms with E-state index in [0.29, 0.717) is 35.1 Å². The standard InChI is InChI=1S/C19H18N4O4S/c1-12-4-2-5-15-20-13(8-17(25)23(12)15)10-27-18(26)9-14-11-28-19(21-14)22-7-3-6-16(22)24/h2,4-5,8,11H,3,6-7,9-10H2,1H3. The van der Waals surface area contributed by atoms with Crippen LogP contribution in [0, 0.1) is 6.92 Å². The van der Waals surface area contributed by atoms with Crippen LogP contribution in [0.4, 0.5) is 5.13 Å².